The number of fused-ring (bicyclic) bond motifs is 4. The lowest BCUT2D eigenvalue weighted by atomic mass is 10.00. The van der Waals surface area contributed by atoms with Crippen molar-refractivity contribution in [2.24, 2.45) is 5.10 Å². The number of halogens is 1. The fourth-order valence-corrected chi connectivity index (χ4v) is 5.26. The maximum absolute atomic E-state index is 12.5. The molecular formula is C22H21ClN6O3S. The van der Waals surface area contributed by atoms with Crippen molar-refractivity contribution >= 4 is 40.1 Å². The van der Waals surface area contributed by atoms with Crippen molar-refractivity contribution in [2.45, 2.75) is 24.7 Å². The van der Waals surface area contributed by atoms with Crippen molar-refractivity contribution in [2.75, 3.05) is 17.9 Å². The number of rotatable bonds is 4. The van der Waals surface area contributed by atoms with Gasteiger partial charge < -0.3 is 24.7 Å². The highest BCUT2D eigenvalue weighted by Gasteiger charge is 2.44. The molecule has 0 radical (unpaired) electrons. The number of ether oxygens (including phenoxy) is 2. The summed E-state index contributed by atoms with van der Waals surface area (Å²) in [5, 5.41) is 11.0. The molecule has 2 aromatic rings. The summed E-state index contributed by atoms with van der Waals surface area (Å²) in [6.45, 7) is 0.203. The Morgan fingerprint density at radius 2 is 2.03 bits per heavy atom. The van der Waals surface area contributed by atoms with Crippen molar-refractivity contribution in [3.63, 3.8) is 0 Å². The van der Waals surface area contributed by atoms with E-state index in [1.807, 2.05) is 24.5 Å². The Balaban J connectivity index is 1.05. The van der Waals surface area contributed by atoms with Gasteiger partial charge in [0.05, 0.1) is 17.8 Å². The lowest BCUT2D eigenvalue weighted by molar-refractivity contribution is -0.113. The predicted molar refractivity (Wildman–Crippen MR) is 127 cm³/mol. The molecule has 0 spiro atoms. The summed E-state index contributed by atoms with van der Waals surface area (Å²) in [7, 11) is 0. The molecule has 1 saturated heterocycles. The zero-order chi connectivity index (χ0) is 22.4. The van der Waals surface area contributed by atoms with E-state index in [1.165, 1.54) is 17.3 Å². The molecule has 0 bridgehead atoms. The number of benzene rings is 2. The summed E-state index contributed by atoms with van der Waals surface area (Å²) >= 11 is 7.43. The first-order chi connectivity index (χ1) is 16.1. The van der Waals surface area contributed by atoms with Crippen LogP contribution in [0.25, 0.3) is 0 Å². The molecule has 9 nitrogen and oxygen atoms in total. The number of amides is 1. The van der Waals surface area contributed by atoms with Gasteiger partial charge in [-0.2, -0.15) is 5.10 Å². The summed E-state index contributed by atoms with van der Waals surface area (Å²) in [4.78, 5) is 14.6. The van der Waals surface area contributed by atoms with Crippen LogP contribution >= 0.6 is 23.4 Å². The molecule has 4 heterocycles. The average molecular weight is 485 g/mol. The van der Waals surface area contributed by atoms with Crippen molar-refractivity contribution in [3.05, 3.63) is 65.5 Å². The number of thioether (sulfide) groups is 1. The van der Waals surface area contributed by atoms with Gasteiger partial charge in [0.25, 0.3) is 0 Å². The summed E-state index contributed by atoms with van der Waals surface area (Å²) in [6, 6.07) is 13.7. The van der Waals surface area contributed by atoms with Crippen LogP contribution in [-0.2, 0) is 4.79 Å². The topological polar surface area (TPSA) is 90.5 Å². The monoisotopic (exact) mass is 484 g/mol. The lowest BCUT2D eigenvalue weighted by Gasteiger charge is -2.36. The second kappa shape index (κ2) is 8.36. The number of carbonyl (C=O) groups is 1. The first-order valence-corrected chi connectivity index (χ1v) is 11.9. The van der Waals surface area contributed by atoms with E-state index in [1.54, 1.807) is 18.2 Å². The summed E-state index contributed by atoms with van der Waals surface area (Å²) in [6.07, 6.45) is 4.92. The zero-order valence-electron chi connectivity index (χ0n) is 17.4. The Labute approximate surface area is 199 Å². The largest absolute Gasteiger partial charge is 0.454 e. The van der Waals surface area contributed by atoms with Crippen LogP contribution in [0.5, 0.6) is 11.5 Å². The van der Waals surface area contributed by atoms with E-state index >= 15 is 0 Å². The van der Waals surface area contributed by atoms with Gasteiger partial charge in [-0.1, -0.05) is 35.5 Å². The van der Waals surface area contributed by atoms with E-state index in [0.29, 0.717) is 17.2 Å². The number of hydrogen-bond acceptors (Lipinski definition) is 9. The third-order valence-corrected chi connectivity index (χ3v) is 7.18. The van der Waals surface area contributed by atoms with E-state index in [9.17, 15) is 4.79 Å². The van der Waals surface area contributed by atoms with Crippen LogP contribution in [0.2, 0.25) is 5.02 Å². The van der Waals surface area contributed by atoms with E-state index in [4.69, 9.17) is 21.1 Å². The molecule has 4 aliphatic rings. The number of hydrogen-bond donors (Lipinski definition) is 3. The minimum Gasteiger partial charge on any atom is -0.454 e. The first kappa shape index (κ1) is 20.5. The van der Waals surface area contributed by atoms with Crippen LogP contribution in [0, 0.1) is 0 Å². The molecule has 3 N–H and O–H groups in total. The van der Waals surface area contributed by atoms with Crippen molar-refractivity contribution < 1.29 is 14.3 Å². The van der Waals surface area contributed by atoms with Crippen LogP contribution in [0.4, 0.5) is 5.69 Å². The number of carbonyl (C=O) groups excluding carboxylic acids is 1. The number of amidine groups is 1. The minimum absolute atomic E-state index is 0.000721. The first-order valence-electron chi connectivity index (χ1n) is 10.6. The summed E-state index contributed by atoms with van der Waals surface area (Å²) < 4.78 is 10.7. The van der Waals surface area contributed by atoms with Gasteiger partial charge >= 0.3 is 0 Å². The Morgan fingerprint density at radius 1 is 1.18 bits per heavy atom. The maximum Gasteiger partial charge on any atom is 0.234 e. The second-order valence-corrected chi connectivity index (χ2v) is 9.40. The van der Waals surface area contributed by atoms with E-state index in [0.717, 1.165) is 16.6 Å². The minimum atomic E-state index is -0.113. The molecule has 0 saturated carbocycles. The molecule has 3 unspecified atom stereocenters. The van der Waals surface area contributed by atoms with Gasteiger partial charge in [-0.15, -0.1) is 0 Å². The van der Waals surface area contributed by atoms with Crippen LogP contribution < -0.4 is 25.6 Å². The van der Waals surface area contributed by atoms with Crippen LogP contribution in [-0.4, -0.2) is 45.7 Å². The highest BCUT2D eigenvalue weighted by molar-refractivity contribution is 8.14. The highest BCUT2D eigenvalue weighted by Crippen LogP contribution is 2.36. The second-order valence-electron chi connectivity index (χ2n) is 8.02. The maximum atomic E-state index is 12.5. The van der Waals surface area contributed by atoms with Gasteiger partial charge in [-0.3, -0.25) is 10.2 Å². The molecule has 33 heavy (non-hydrogen) atoms. The molecule has 6 rings (SSSR count). The van der Waals surface area contributed by atoms with Crippen LogP contribution in [0.1, 0.15) is 18.0 Å². The fraction of sp³-hybridized carbons (Fsp3) is 0.273. The molecule has 1 amide bonds. The van der Waals surface area contributed by atoms with E-state index < -0.39 is 0 Å². The number of nitrogens with one attached hydrogen (secondary N) is 3. The summed E-state index contributed by atoms with van der Waals surface area (Å²) in [5.74, 6) is 1.45. The lowest BCUT2D eigenvalue weighted by Crippen LogP contribution is -2.54. The zero-order valence-corrected chi connectivity index (χ0v) is 19.0. The van der Waals surface area contributed by atoms with Gasteiger partial charge in [0.2, 0.25) is 12.7 Å². The quantitative estimate of drug-likeness (QED) is 0.610. The number of hydrazone groups is 1. The molecule has 1 fully saturated rings. The highest BCUT2D eigenvalue weighted by atomic mass is 35.5. The normalized spacial score (nSPS) is 24.3. The number of hydrazine groups is 1. The van der Waals surface area contributed by atoms with E-state index in [2.05, 4.69) is 43.3 Å². The molecule has 4 aliphatic heterocycles. The van der Waals surface area contributed by atoms with Gasteiger partial charge in [0, 0.05) is 29.2 Å². The Bertz CT molecular complexity index is 1140. The van der Waals surface area contributed by atoms with E-state index in [-0.39, 0.29) is 36.7 Å². The standard InChI is InChI=1S/C22H21ClN6O3S/c23-14-3-1-13(2-4-14)16-10-17-21-25-26-22(28(21)7-8-29(17)27-16)33-11-20(30)24-15-5-6-18-19(9-15)32-12-31-18/h1-9,16-17,21,25,27H,10-12H2,(H,24,30). The molecule has 0 aromatic heterocycles. The van der Waals surface area contributed by atoms with Crippen LogP contribution in [0.3, 0.4) is 0 Å². The fourth-order valence-electron chi connectivity index (χ4n) is 4.36. The molecule has 11 heteroatoms. The third kappa shape index (κ3) is 3.94. The van der Waals surface area contributed by atoms with Crippen molar-refractivity contribution in [1.82, 2.24) is 20.8 Å². The number of anilines is 1. The molecular weight excluding hydrogens is 464 g/mol. The Morgan fingerprint density at radius 3 is 2.91 bits per heavy atom. The van der Waals surface area contributed by atoms with Crippen LogP contribution in [0.15, 0.2) is 60.0 Å². The summed E-state index contributed by atoms with van der Waals surface area (Å²) in [5.41, 5.74) is 8.66. The van der Waals surface area contributed by atoms with Gasteiger partial charge in [-0.25, -0.2) is 5.43 Å². The average Bonchev–Trinajstić information content (AvgIpc) is 3.55. The van der Waals surface area contributed by atoms with Gasteiger partial charge in [0.15, 0.2) is 16.7 Å². The Kier molecular flexibility index (Phi) is 5.20. The number of nitrogens with zero attached hydrogens (tertiary/aromatic N) is 3. The van der Waals surface area contributed by atoms with Gasteiger partial charge in [-0.05, 0) is 36.2 Å². The molecule has 2 aromatic carbocycles. The van der Waals surface area contributed by atoms with Crippen molar-refractivity contribution in [3.8, 4) is 11.5 Å². The Hall–Kier alpha value is -3.08. The SMILES string of the molecule is O=C(CSC1=NNC2C3CC(c4ccc(Cl)cc4)NN3C=CN12)Nc1ccc2c(c1)OCO2. The molecule has 0 aliphatic carbocycles. The van der Waals surface area contributed by atoms with Gasteiger partial charge in [0.1, 0.15) is 6.17 Å². The third-order valence-electron chi connectivity index (χ3n) is 5.97. The molecule has 3 atom stereocenters. The predicted octanol–water partition coefficient (Wildman–Crippen LogP) is 3.05. The van der Waals surface area contributed by atoms with Crippen molar-refractivity contribution in [1.29, 1.82) is 0 Å². The molecule has 170 valence electrons. The smallest absolute Gasteiger partial charge is 0.234 e.